The molecule has 1 rings (SSSR count). The number of carbonyl (C=O) groups excluding carboxylic acids is 1. The second-order valence-electron chi connectivity index (χ2n) is 6.20. The summed E-state index contributed by atoms with van der Waals surface area (Å²) in [4.78, 5) is 14.0. The van der Waals surface area contributed by atoms with Crippen LogP contribution in [0.2, 0.25) is 0 Å². The SMILES string of the molecule is COC(C)C(=O)N1CCCC(C(C)(C)C)CC1. The van der Waals surface area contributed by atoms with Crippen LogP contribution in [0.1, 0.15) is 47.0 Å². The summed E-state index contributed by atoms with van der Waals surface area (Å²) in [5.41, 5.74) is 0.353. The zero-order valence-electron chi connectivity index (χ0n) is 12.0. The minimum Gasteiger partial charge on any atom is -0.372 e. The molecule has 0 N–H and O–H groups in total. The van der Waals surface area contributed by atoms with Crippen LogP contribution in [-0.2, 0) is 9.53 Å². The van der Waals surface area contributed by atoms with E-state index in [1.165, 1.54) is 6.42 Å². The van der Waals surface area contributed by atoms with E-state index in [4.69, 9.17) is 4.74 Å². The van der Waals surface area contributed by atoms with E-state index in [9.17, 15) is 4.79 Å². The Hall–Kier alpha value is -0.570. The van der Waals surface area contributed by atoms with Gasteiger partial charge in [-0.05, 0) is 37.5 Å². The number of likely N-dealkylation sites (tertiary alicyclic amines) is 1. The standard InChI is InChI=1S/C14H27NO2/c1-11(17-5)13(16)15-9-6-7-12(8-10-15)14(2,3)4/h11-12H,6-10H2,1-5H3. The molecular formula is C14H27NO2. The van der Waals surface area contributed by atoms with E-state index in [0.29, 0.717) is 5.41 Å². The highest BCUT2D eigenvalue weighted by atomic mass is 16.5. The second-order valence-corrected chi connectivity index (χ2v) is 6.20. The van der Waals surface area contributed by atoms with Crippen molar-refractivity contribution in [1.82, 2.24) is 4.90 Å². The molecule has 1 aliphatic rings. The van der Waals surface area contributed by atoms with E-state index in [-0.39, 0.29) is 12.0 Å². The fourth-order valence-corrected chi connectivity index (χ4v) is 2.54. The fraction of sp³-hybridized carbons (Fsp3) is 0.929. The largest absolute Gasteiger partial charge is 0.372 e. The van der Waals surface area contributed by atoms with Gasteiger partial charge in [-0.1, -0.05) is 20.8 Å². The van der Waals surface area contributed by atoms with Gasteiger partial charge in [-0.3, -0.25) is 4.79 Å². The van der Waals surface area contributed by atoms with E-state index < -0.39 is 0 Å². The third-order valence-corrected chi connectivity index (χ3v) is 3.97. The van der Waals surface area contributed by atoms with Crippen molar-refractivity contribution in [2.24, 2.45) is 11.3 Å². The Morgan fingerprint density at radius 1 is 1.29 bits per heavy atom. The summed E-state index contributed by atoms with van der Waals surface area (Å²) in [5, 5.41) is 0. The van der Waals surface area contributed by atoms with E-state index in [1.807, 2.05) is 11.8 Å². The first-order valence-corrected chi connectivity index (χ1v) is 6.68. The molecule has 17 heavy (non-hydrogen) atoms. The van der Waals surface area contributed by atoms with Gasteiger partial charge in [0, 0.05) is 20.2 Å². The molecule has 2 unspecified atom stereocenters. The van der Waals surface area contributed by atoms with Crippen LogP contribution >= 0.6 is 0 Å². The van der Waals surface area contributed by atoms with Gasteiger partial charge in [0.1, 0.15) is 6.10 Å². The Balaban J connectivity index is 2.56. The first-order valence-electron chi connectivity index (χ1n) is 6.68. The van der Waals surface area contributed by atoms with Crippen molar-refractivity contribution >= 4 is 5.91 Å². The maximum absolute atomic E-state index is 12.0. The number of hydrogen-bond donors (Lipinski definition) is 0. The van der Waals surface area contributed by atoms with Crippen LogP contribution in [-0.4, -0.2) is 37.1 Å². The van der Waals surface area contributed by atoms with Crippen molar-refractivity contribution in [2.75, 3.05) is 20.2 Å². The molecule has 2 atom stereocenters. The monoisotopic (exact) mass is 241 g/mol. The quantitative estimate of drug-likeness (QED) is 0.744. The van der Waals surface area contributed by atoms with Gasteiger partial charge in [-0.15, -0.1) is 0 Å². The van der Waals surface area contributed by atoms with Crippen LogP contribution < -0.4 is 0 Å². The number of amides is 1. The zero-order chi connectivity index (χ0) is 13.1. The molecule has 100 valence electrons. The maximum atomic E-state index is 12.0. The summed E-state index contributed by atoms with van der Waals surface area (Å²) in [6, 6.07) is 0. The van der Waals surface area contributed by atoms with Crippen LogP contribution in [0, 0.1) is 11.3 Å². The highest BCUT2D eigenvalue weighted by Gasteiger charge is 2.29. The molecule has 0 aliphatic carbocycles. The molecule has 0 spiro atoms. The van der Waals surface area contributed by atoms with E-state index in [2.05, 4.69) is 20.8 Å². The topological polar surface area (TPSA) is 29.5 Å². The number of hydrogen-bond acceptors (Lipinski definition) is 2. The molecule has 1 amide bonds. The summed E-state index contributed by atoms with van der Waals surface area (Å²) < 4.78 is 5.11. The fourth-order valence-electron chi connectivity index (χ4n) is 2.54. The highest BCUT2D eigenvalue weighted by molar-refractivity contribution is 5.80. The summed E-state index contributed by atoms with van der Waals surface area (Å²) >= 11 is 0. The summed E-state index contributed by atoms with van der Waals surface area (Å²) in [6.45, 7) is 10.5. The first kappa shape index (κ1) is 14.5. The van der Waals surface area contributed by atoms with Gasteiger partial charge < -0.3 is 9.64 Å². The van der Waals surface area contributed by atoms with Crippen LogP contribution in [0.5, 0.6) is 0 Å². The smallest absolute Gasteiger partial charge is 0.251 e. The van der Waals surface area contributed by atoms with Crippen LogP contribution in [0.3, 0.4) is 0 Å². The first-order chi connectivity index (χ1) is 7.86. The highest BCUT2D eigenvalue weighted by Crippen LogP contribution is 2.34. The van der Waals surface area contributed by atoms with Crippen molar-refractivity contribution in [3.8, 4) is 0 Å². The van der Waals surface area contributed by atoms with Gasteiger partial charge >= 0.3 is 0 Å². The van der Waals surface area contributed by atoms with Crippen molar-refractivity contribution in [3.05, 3.63) is 0 Å². The predicted molar refractivity (Wildman–Crippen MR) is 69.8 cm³/mol. The number of ether oxygens (including phenoxy) is 1. The van der Waals surface area contributed by atoms with Crippen LogP contribution in [0.25, 0.3) is 0 Å². The van der Waals surface area contributed by atoms with Gasteiger partial charge in [-0.25, -0.2) is 0 Å². The second kappa shape index (κ2) is 5.85. The molecule has 3 nitrogen and oxygen atoms in total. The van der Waals surface area contributed by atoms with Gasteiger partial charge in [-0.2, -0.15) is 0 Å². The third kappa shape index (κ3) is 3.98. The van der Waals surface area contributed by atoms with Crippen molar-refractivity contribution < 1.29 is 9.53 Å². The lowest BCUT2D eigenvalue weighted by atomic mass is 9.77. The van der Waals surface area contributed by atoms with E-state index in [1.54, 1.807) is 7.11 Å². The Labute approximate surface area is 106 Å². The van der Waals surface area contributed by atoms with Gasteiger partial charge in [0.15, 0.2) is 0 Å². The lowest BCUT2D eigenvalue weighted by Gasteiger charge is -2.30. The molecule has 3 heteroatoms. The molecule has 0 aromatic carbocycles. The van der Waals surface area contributed by atoms with Crippen LogP contribution in [0.15, 0.2) is 0 Å². The molecule has 1 saturated heterocycles. The Morgan fingerprint density at radius 3 is 2.47 bits per heavy atom. The molecule has 0 bridgehead atoms. The van der Waals surface area contributed by atoms with Crippen molar-refractivity contribution in [2.45, 2.75) is 53.1 Å². The average Bonchev–Trinajstić information content (AvgIpc) is 2.51. The minimum atomic E-state index is -0.304. The summed E-state index contributed by atoms with van der Waals surface area (Å²) in [5.74, 6) is 0.861. The minimum absolute atomic E-state index is 0.141. The molecule has 1 aliphatic heterocycles. The molecule has 0 saturated carbocycles. The van der Waals surface area contributed by atoms with E-state index in [0.717, 1.165) is 31.8 Å². The summed E-state index contributed by atoms with van der Waals surface area (Å²) in [7, 11) is 1.60. The Kier molecular flexibility index (Phi) is 4.99. The van der Waals surface area contributed by atoms with Crippen LogP contribution in [0.4, 0.5) is 0 Å². The lowest BCUT2D eigenvalue weighted by Crippen LogP contribution is -2.39. The number of nitrogens with zero attached hydrogens (tertiary/aromatic N) is 1. The Bertz CT molecular complexity index is 257. The van der Waals surface area contributed by atoms with Gasteiger partial charge in [0.05, 0.1) is 0 Å². The third-order valence-electron chi connectivity index (χ3n) is 3.97. The van der Waals surface area contributed by atoms with Gasteiger partial charge in [0.2, 0.25) is 0 Å². The summed E-state index contributed by atoms with van der Waals surface area (Å²) in [6.07, 6.45) is 3.16. The van der Waals surface area contributed by atoms with Crippen molar-refractivity contribution in [3.63, 3.8) is 0 Å². The predicted octanol–water partition coefficient (Wildman–Crippen LogP) is 2.70. The molecule has 0 aromatic heterocycles. The normalized spacial score (nSPS) is 24.3. The molecule has 1 heterocycles. The molecule has 1 fully saturated rings. The number of carbonyl (C=O) groups is 1. The number of methoxy groups -OCH3 is 1. The Morgan fingerprint density at radius 2 is 1.94 bits per heavy atom. The number of rotatable bonds is 2. The zero-order valence-corrected chi connectivity index (χ0v) is 12.0. The van der Waals surface area contributed by atoms with Crippen molar-refractivity contribution in [1.29, 1.82) is 0 Å². The molecule has 0 radical (unpaired) electrons. The lowest BCUT2D eigenvalue weighted by molar-refractivity contribution is -0.140. The van der Waals surface area contributed by atoms with E-state index >= 15 is 0 Å². The maximum Gasteiger partial charge on any atom is 0.251 e. The van der Waals surface area contributed by atoms with Gasteiger partial charge in [0.25, 0.3) is 5.91 Å². The average molecular weight is 241 g/mol. The molecule has 0 aromatic rings. The molecular weight excluding hydrogens is 214 g/mol.